The van der Waals surface area contributed by atoms with Crippen molar-refractivity contribution < 1.29 is 26.7 Å². The van der Waals surface area contributed by atoms with Crippen LogP contribution in [0.4, 0.5) is 13.6 Å². The number of hydrogen-bond donors (Lipinski definition) is 1. The van der Waals surface area contributed by atoms with Crippen LogP contribution in [0.1, 0.15) is 45.6 Å². The summed E-state index contributed by atoms with van der Waals surface area (Å²) in [6.45, 7) is 5.73. The van der Waals surface area contributed by atoms with E-state index in [9.17, 15) is 22.0 Å². The number of nitrogens with one attached hydrogen (secondary N) is 1. The lowest BCUT2D eigenvalue weighted by molar-refractivity contribution is 0.0489. The second-order valence-electron chi connectivity index (χ2n) is 7.31. The van der Waals surface area contributed by atoms with Gasteiger partial charge in [0.2, 0.25) is 10.0 Å². The van der Waals surface area contributed by atoms with E-state index in [1.165, 1.54) is 16.4 Å². The Morgan fingerprint density at radius 3 is 2.37 bits per heavy atom. The Kier molecular flexibility index (Phi) is 6.86. The molecule has 152 valence electrons. The Bertz CT molecular complexity index is 789. The molecule has 0 radical (unpaired) electrons. The van der Waals surface area contributed by atoms with Gasteiger partial charge in [-0.1, -0.05) is 22.0 Å². The molecule has 1 amide bonds. The van der Waals surface area contributed by atoms with Crippen molar-refractivity contribution in [3.8, 4) is 0 Å². The number of amides is 1. The van der Waals surface area contributed by atoms with Gasteiger partial charge in [0.1, 0.15) is 5.60 Å². The summed E-state index contributed by atoms with van der Waals surface area (Å²) in [6, 6.07) is 3.31. The number of nitrogens with zero attached hydrogens (tertiary/aromatic N) is 1. The molecule has 1 aliphatic rings. The van der Waals surface area contributed by atoms with Gasteiger partial charge in [-0.05, 0) is 45.7 Å². The van der Waals surface area contributed by atoms with Gasteiger partial charge in [0.15, 0.2) is 0 Å². The van der Waals surface area contributed by atoms with E-state index in [2.05, 4.69) is 21.2 Å². The van der Waals surface area contributed by atoms with Gasteiger partial charge in [0.05, 0.1) is 4.90 Å². The first-order valence-electron chi connectivity index (χ1n) is 8.47. The monoisotopic (exact) mass is 468 g/mol. The van der Waals surface area contributed by atoms with Gasteiger partial charge < -0.3 is 10.1 Å². The molecule has 27 heavy (non-hydrogen) atoms. The second kappa shape index (κ2) is 8.40. The number of sulfonamides is 1. The van der Waals surface area contributed by atoms with E-state index in [0.29, 0.717) is 12.8 Å². The molecule has 1 saturated heterocycles. The highest BCUT2D eigenvalue weighted by Crippen LogP contribution is 2.31. The number of halogens is 3. The number of alkyl carbamates (subject to hydrolysis) is 1. The average molecular weight is 469 g/mol. The van der Waals surface area contributed by atoms with E-state index < -0.39 is 28.1 Å². The summed E-state index contributed by atoms with van der Waals surface area (Å²) in [5, 5.41) is 2.74. The van der Waals surface area contributed by atoms with Crippen LogP contribution in [0, 0.1) is 0 Å². The van der Waals surface area contributed by atoms with Gasteiger partial charge in [-0.3, -0.25) is 0 Å². The molecule has 1 N–H and O–H groups in total. The van der Waals surface area contributed by atoms with Crippen molar-refractivity contribution in [2.75, 3.05) is 13.1 Å². The molecule has 6 nitrogen and oxygen atoms in total. The molecule has 0 aliphatic carbocycles. The van der Waals surface area contributed by atoms with E-state index in [1.54, 1.807) is 20.8 Å². The van der Waals surface area contributed by atoms with Crippen LogP contribution in [0.5, 0.6) is 0 Å². The highest BCUT2D eigenvalue weighted by atomic mass is 79.9. The van der Waals surface area contributed by atoms with Crippen LogP contribution >= 0.6 is 15.9 Å². The third-order valence-corrected chi connectivity index (χ3v) is 6.60. The Hall–Kier alpha value is -1.26. The summed E-state index contributed by atoms with van der Waals surface area (Å²) in [5.74, 6) is 0. The number of carbonyl (C=O) groups is 1. The van der Waals surface area contributed by atoms with Gasteiger partial charge in [-0.25, -0.2) is 22.0 Å². The minimum absolute atomic E-state index is 0.0441. The number of hydrogen-bond acceptors (Lipinski definition) is 4. The van der Waals surface area contributed by atoms with Crippen molar-refractivity contribution in [2.24, 2.45) is 0 Å². The summed E-state index contributed by atoms with van der Waals surface area (Å²) in [4.78, 5) is 11.8. The van der Waals surface area contributed by atoms with Crippen molar-refractivity contribution in [3.05, 3.63) is 28.2 Å². The van der Waals surface area contributed by atoms with Crippen LogP contribution in [-0.2, 0) is 14.8 Å². The maximum absolute atomic E-state index is 12.8. The zero-order valence-corrected chi connectivity index (χ0v) is 17.7. The summed E-state index contributed by atoms with van der Waals surface area (Å²) in [6.07, 6.45) is -2.34. The van der Waals surface area contributed by atoms with E-state index in [1.807, 2.05) is 0 Å². The van der Waals surface area contributed by atoms with E-state index >= 15 is 0 Å². The SMILES string of the molecule is CC(C)(C)OC(=O)NC1CCN(S(=O)(=O)c2ccc(C(F)F)c(Br)c2)CC1. The number of rotatable bonds is 4. The first kappa shape index (κ1) is 22.0. The fourth-order valence-corrected chi connectivity index (χ4v) is 4.91. The largest absolute Gasteiger partial charge is 0.444 e. The van der Waals surface area contributed by atoms with Gasteiger partial charge in [-0.15, -0.1) is 0 Å². The average Bonchev–Trinajstić information content (AvgIpc) is 2.53. The zero-order valence-electron chi connectivity index (χ0n) is 15.3. The molecule has 2 rings (SSSR count). The van der Waals surface area contributed by atoms with Gasteiger partial charge in [0, 0.05) is 29.2 Å². The molecular weight excluding hydrogens is 446 g/mol. The standard InChI is InChI=1S/C17H23BrF2N2O4S/c1-17(2,3)26-16(23)21-11-6-8-22(9-7-11)27(24,25)12-4-5-13(15(19)20)14(18)10-12/h4-5,10-11,15H,6-9H2,1-3H3,(H,21,23). The molecule has 1 aliphatic heterocycles. The maximum atomic E-state index is 12.8. The predicted molar refractivity (Wildman–Crippen MR) is 100 cm³/mol. The molecule has 0 bridgehead atoms. The third-order valence-electron chi connectivity index (χ3n) is 4.02. The van der Waals surface area contributed by atoms with Crippen molar-refractivity contribution in [1.82, 2.24) is 9.62 Å². The second-order valence-corrected chi connectivity index (χ2v) is 10.1. The molecule has 0 aromatic heterocycles. The molecule has 1 aromatic carbocycles. The summed E-state index contributed by atoms with van der Waals surface area (Å²) >= 11 is 3.00. The van der Waals surface area contributed by atoms with Crippen LogP contribution in [-0.4, -0.2) is 43.5 Å². The minimum atomic E-state index is -3.79. The molecule has 0 saturated carbocycles. The van der Waals surface area contributed by atoms with Crippen LogP contribution < -0.4 is 5.32 Å². The third kappa shape index (κ3) is 5.86. The summed E-state index contributed by atoms with van der Waals surface area (Å²) in [7, 11) is -3.79. The molecule has 1 aromatic rings. The Labute approximate surface area is 166 Å². The molecule has 0 unspecified atom stereocenters. The van der Waals surface area contributed by atoms with E-state index in [-0.39, 0.29) is 34.1 Å². The molecule has 1 heterocycles. The topological polar surface area (TPSA) is 75.7 Å². The first-order valence-corrected chi connectivity index (χ1v) is 10.7. The first-order chi connectivity index (χ1) is 12.4. The molecule has 0 spiro atoms. The van der Waals surface area contributed by atoms with Crippen LogP contribution in [0.3, 0.4) is 0 Å². The highest BCUT2D eigenvalue weighted by molar-refractivity contribution is 9.10. The fraction of sp³-hybridized carbons (Fsp3) is 0.588. The van der Waals surface area contributed by atoms with Gasteiger partial charge in [0.25, 0.3) is 6.43 Å². The normalized spacial score (nSPS) is 17.1. The minimum Gasteiger partial charge on any atom is -0.444 e. The van der Waals surface area contributed by atoms with Crippen molar-refractivity contribution >= 4 is 32.0 Å². The zero-order chi connectivity index (χ0) is 20.4. The molecular formula is C17H23BrF2N2O4S. The lowest BCUT2D eigenvalue weighted by Gasteiger charge is -2.32. The number of carbonyl (C=O) groups excluding carboxylic acids is 1. The predicted octanol–water partition coefficient (Wildman–Crippen LogP) is 4.06. The Morgan fingerprint density at radius 1 is 1.30 bits per heavy atom. The van der Waals surface area contributed by atoms with Crippen molar-refractivity contribution in [1.29, 1.82) is 0 Å². The fourth-order valence-electron chi connectivity index (χ4n) is 2.71. The quantitative estimate of drug-likeness (QED) is 0.722. The number of benzene rings is 1. The maximum Gasteiger partial charge on any atom is 0.407 e. The molecule has 0 atom stereocenters. The number of ether oxygens (including phenoxy) is 1. The van der Waals surface area contributed by atoms with Gasteiger partial charge in [-0.2, -0.15) is 4.31 Å². The Morgan fingerprint density at radius 2 is 1.89 bits per heavy atom. The summed E-state index contributed by atoms with van der Waals surface area (Å²) in [5.41, 5.74) is -0.861. The Balaban J connectivity index is 2.00. The smallest absolute Gasteiger partial charge is 0.407 e. The van der Waals surface area contributed by atoms with Crippen molar-refractivity contribution in [3.63, 3.8) is 0 Å². The molecule has 1 fully saturated rings. The van der Waals surface area contributed by atoms with Crippen molar-refractivity contribution in [2.45, 2.75) is 56.6 Å². The lowest BCUT2D eigenvalue weighted by atomic mass is 10.1. The number of piperidine rings is 1. The summed E-state index contributed by atoms with van der Waals surface area (Å²) < 4.78 is 57.7. The number of alkyl halides is 2. The molecule has 10 heteroatoms. The van der Waals surface area contributed by atoms with E-state index in [4.69, 9.17) is 4.74 Å². The lowest BCUT2D eigenvalue weighted by Crippen LogP contribution is -2.47. The van der Waals surface area contributed by atoms with Gasteiger partial charge >= 0.3 is 6.09 Å². The van der Waals surface area contributed by atoms with Crippen LogP contribution in [0.2, 0.25) is 0 Å². The van der Waals surface area contributed by atoms with E-state index in [0.717, 1.165) is 6.07 Å². The van der Waals surface area contributed by atoms with Crippen LogP contribution in [0.25, 0.3) is 0 Å². The van der Waals surface area contributed by atoms with Crippen LogP contribution in [0.15, 0.2) is 27.6 Å². The highest BCUT2D eigenvalue weighted by Gasteiger charge is 2.31.